The number of fused-ring (bicyclic) bond motifs is 1. The lowest BCUT2D eigenvalue weighted by Gasteiger charge is -2.25. The molecule has 3 heterocycles. The normalized spacial score (nSPS) is 22.9. The van der Waals surface area contributed by atoms with Crippen molar-refractivity contribution in [2.45, 2.75) is 31.4 Å². The first kappa shape index (κ1) is 17.5. The Kier molecular flexibility index (Phi) is 4.33. The number of nitrogens with zero attached hydrogens (tertiary/aromatic N) is 4. The van der Waals surface area contributed by atoms with Crippen molar-refractivity contribution >= 4 is 23.0 Å². The van der Waals surface area contributed by atoms with Gasteiger partial charge in [-0.15, -0.1) is 0 Å². The molecule has 0 unspecified atom stereocenters. The number of rotatable bonds is 2. The molecular weight excluding hydrogens is 348 g/mol. The van der Waals surface area contributed by atoms with E-state index in [1.807, 2.05) is 18.2 Å². The molecule has 2 aliphatic rings. The van der Waals surface area contributed by atoms with Gasteiger partial charge in [0.15, 0.2) is 0 Å². The van der Waals surface area contributed by atoms with Crippen LogP contribution in [0.5, 0.6) is 0 Å². The number of amides is 2. The Morgan fingerprint density at radius 3 is 2.81 bits per heavy atom. The van der Waals surface area contributed by atoms with Crippen molar-refractivity contribution in [1.29, 1.82) is 0 Å². The molecule has 2 fully saturated rings. The van der Waals surface area contributed by atoms with Crippen LogP contribution in [-0.4, -0.2) is 63.6 Å². The van der Waals surface area contributed by atoms with Crippen LogP contribution in [0, 0.1) is 0 Å². The number of benzene rings is 1. The first-order chi connectivity index (χ1) is 13.0. The van der Waals surface area contributed by atoms with Crippen molar-refractivity contribution in [3.05, 3.63) is 40.8 Å². The minimum Gasteiger partial charge on any atom is -0.441 e. The molecule has 2 aromatic rings. The molecule has 1 aromatic heterocycles. The van der Waals surface area contributed by atoms with E-state index in [1.54, 1.807) is 22.9 Å². The number of likely N-dealkylation sites (N-methyl/N-ethyl adjacent to an activating group) is 1. The van der Waals surface area contributed by atoms with Crippen LogP contribution in [0.15, 0.2) is 35.3 Å². The fraction of sp³-hybridized carbons (Fsp3) is 0.474. The minimum absolute atomic E-state index is 0.0193. The number of hydrogen-bond donors (Lipinski definition) is 0. The second-order valence-electron chi connectivity index (χ2n) is 7.31. The van der Waals surface area contributed by atoms with E-state index in [1.165, 1.54) is 10.8 Å². The maximum atomic E-state index is 12.9. The van der Waals surface area contributed by atoms with Gasteiger partial charge in [0.2, 0.25) is 5.91 Å². The predicted octanol–water partition coefficient (Wildman–Crippen LogP) is 1.23. The number of para-hydroxylation sites is 2. The Hall–Kier alpha value is -2.90. The third kappa shape index (κ3) is 3.27. The van der Waals surface area contributed by atoms with Crippen molar-refractivity contribution in [2.75, 3.05) is 26.7 Å². The van der Waals surface area contributed by atoms with Crippen LogP contribution in [-0.2, 0) is 16.1 Å². The Balaban J connectivity index is 1.51. The molecule has 0 saturated carbocycles. The number of carbonyl (C=O) groups excluding carboxylic acids is 2. The van der Waals surface area contributed by atoms with E-state index in [2.05, 4.69) is 4.98 Å². The molecular formula is C19H22N4O4. The van der Waals surface area contributed by atoms with E-state index in [-0.39, 0.29) is 24.1 Å². The van der Waals surface area contributed by atoms with Gasteiger partial charge >= 0.3 is 6.09 Å². The lowest BCUT2D eigenvalue weighted by Crippen LogP contribution is -2.39. The first-order valence-corrected chi connectivity index (χ1v) is 9.14. The summed E-state index contributed by atoms with van der Waals surface area (Å²) in [7, 11) is 1.73. The average molecular weight is 370 g/mol. The molecule has 2 saturated heterocycles. The molecule has 8 heteroatoms. The summed E-state index contributed by atoms with van der Waals surface area (Å²) < 4.78 is 7.06. The largest absolute Gasteiger partial charge is 0.441 e. The van der Waals surface area contributed by atoms with E-state index < -0.39 is 5.60 Å². The quantitative estimate of drug-likeness (QED) is 0.794. The summed E-state index contributed by atoms with van der Waals surface area (Å²) in [5, 5.41) is 0. The van der Waals surface area contributed by atoms with E-state index in [0.717, 1.165) is 12.8 Å². The molecule has 1 aromatic carbocycles. The Bertz CT molecular complexity index is 956. The van der Waals surface area contributed by atoms with Crippen molar-refractivity contribution in [1.82, 2.24) is 19.4 Å². The minimum atomic E-state index is -0.499. The third-order valence-corrected chi connectivity index (χ3v) is 5.44. The lowest BCUT2D eigenvalue weighted by molar-refractivity contribution is -0.131. The smallest absolute Gasteiger partial charge is 0.410 e. The van der Waals surface area contributed by atoms with E-state index in [4.69, 9.17) is 4.74 Å². The molecule has 1 atom stereocenters. The molecule has 2 aliphatic heterocycles. The molecule has 142 valence electrons. The highest BCUT2D eigenvalue weighted by molar-refractivity contribution is 5.80. The molecule has 0 radical (unpaired) electrons. The van der Waals surface area contributed by atoms with Crippen LogP contribution >= 0.6 is 0 Å². The zero-order valence-corrected chi connectivity index (χ0v) is 15.3. The monoisotopic (exact) mass is 370 g/mol. The fourth-order valence-electron chi connectivity index (χ4n) is 3.98. The van der Waals surface area contributed by atoms with Gasteiger partial charge in [-0.3, -0.25) is 14.2 Å². The Labute approximate surface area is 156 Å². The number of hydrogen-bond acceptors (Lipinski definition) is 5. The number of carbonyl (C=O) groups is 2. The number of ether oxygens (including phenoxy) is 1. The van der Waals surface area contributed by atoms with Crippen LogP contribution in [0.4, 0.5) is 4.79 Å². The second-order valence-corrected chi connectivity index (χ2v) is 7.31. The maximum absolute atomic E-state index is 12.9. The van der Waals surface area contributed by atoms with E-state index in [0.29, 0.717) is 37.1 Å². The molecule has 0 aliphatic carbocycles. The van der Waals surface area contributed by atoms with Gasteiger partial charge in [0.05, 0.1) is 23.8 Å². The van der Waals surface area contributed by atoms with Gasteiger partial charge in [0.1, 0.15) is 12.1 Å². The summed E-state index contributed by atoms with van der Waals surface area (Å²) in [6, 6.07) is 7.28. The van der Waals surface area contributed by atoms with Crippen LogP contribution in [0.2, 0.25) is 0 Å². The van der Waals surface area contributed by atoms with Gasteiger partial charge in [-0.1, -0.05) is 12.1 Å². The van der Waals surface area contributed by atoms with Gasteiger partial charge in [-0.2, -0.15) is 0 Å². The van der Waals surface area contributed by atoms with Gasteiger partial charge in [-0.25, -0.2) is 9.78 Å². The molecule has 0 bridgehead atoms. The van der Waals surface area contributed by atoms with Crippen molar-refractivity contribution < 1.29 is 14.3 Å². The summed E-state index contributed by atoms with van der Waals surface area (Å²) in [5.41, 5.74) is 0.539. The standard InChI is InChI=1S/C19H22N4O4/c1-21-13-19(27-18(21)26)7-4-9-22(10-8-19)17(25)12-23-15-6-3-2-5-14(15)20-11-16(23)24/h2-3,5-6,11H,4,7-10,12-13H2,1H3/t19-/m0/s1. The molecule has 4 rings (SSSR count). The van der Waals surface area contributed by atoms with Gasteiger partial charge in [0, 0.05) is 26.6 Å². The fourth-order valence-corrected chi connectivity index (χ4v) is 3.98. The van der Waals surface area contributed by atoms with Crippen molar-refractivity contribution in [3.63, 3.8) is 0 Å². The van der Waals surface area contributed by atoms with E-state index >= 15 is 0 Å². The van der Waals surface area contributed by atoms with Gasteiger partial charge < -0.3 is 14.5 Å². The highest BCUT2D eigenvalue weighted by atomic mass is 16.6. The Morgan fingerprint density at radius 1 is 1.22 bits per heavy atom. The summed E-state index contributed by atoms with van der Waals surface area (Å²) >= 11 is 0. The van der Waals surface area contributed by atoms with Crippen LogP contribution < -0.4 is 5.56 Å². The topological polar surface area (TPSA) is 84.7 Å². The molecule has 1 spiro atoms. The SMILES string of the molecule is CN1C[C@@]2(CCCN(C(=O)Cn3c(=O)cnc4ccccc43)CC2)OC1=O. The predicted molar refractivity (Wildman–Crippen MR) is 98.3 cm³/mol. The zero-order valence-electron chi connectivity index (χ0n) is 15.3. The second kappa shape index (κ2) is 6.68. The molecule has 2 amide bonds. The highest BCUT2D eigenvalue weighted by Crippen LogP contribution is 2.32. The summed E-state index contributed by atoms with van der Waals surface area (Å²) in [4.78, 5) is 44.4. The maximum Gasteiger partial charge on any atom is 0.410 e. The Morgan fingerprint density at radius 2 is 2.04 bits per heavy atom. The third-order valence-electron chi connectivity index (χ3n) is 5.44. The highest BCUT2D eigenvalue weighted by Gasteiger charge is 2.44. The van der Waals surface area contributed by atoms with Crippen molar-refractivity contribution in [2.24, 2.45) is 0 Å². The number of aromatic nitrogens is 2. The summed E-state index contributed by atoms with van der Waals surface area (Å²) in [6.45, 7) is 1.65. The lowest BCUT2D eigenvalue weighted by atomic mass is 9.95. The van der Waals surface area contributed by atoms with Crippen LogP contribution in [0.1, 0.15) is 19.3 Å². The number of likely N-dealkylation sites (tertiary alicyclic amines) is 1. The first-order valence-electron chi connectivity index (χ1n) is 9.14. The molecule has 27 heavy (non-hydrogen) atoms. The van der Waals surface area contributed by atoms with Crippen LogP contribution in [0.25, 0.3) is 11.0 Å². The van der Waals surface area contributed by atoms with Gasteiger partial charge in [-0.05, 0) is 25.0 Å². The zero-order chi connectivity index (χ0) is 19.0. The van der Waals surface area contributed by atoms with Crippen molar-refractivity contribution in [3.8, 4) is 0 Å². The molecule has 0 N–H and O–H groups in total. The van der Waals surface area contributed by atoms with E-state index in [9.17, 15) is 14.4 Å². The average Bonchev–Trinajstić information content (AvgIpc) is 2.81. The van der Waals surface area contributed by atoms with Gasteiger partial charge in [0.25, 0.3) is 5.56 Å². The molecule has 8 nitrogen and oxygen atoms in total. The van der Waals surface area contributed by atoms with Crippen LogP contribution in [0.3, 0.4) is 0 Å². The summed E-state index contributed by atoms with van der Waals surface area (Å²) in [5.74, 6) is -0.108. The summed E-state index contributed by atoms with van der Waals surface area (Å²) in [6.07, 6.45) is 3.07.